The molecule has 7 heteroatoms. The molecule has 0 aliphatic rings. The van der Waals surface area contributed by atoms with Crippen LogP contribution in [0.1, 0.15) is 42.9 Å². The van der Waals surface area contributed by atoms with E-state index in [-0.39, 0.29) is 16.8 Å². The summed E-state index contributed by atoms with van der Waals surface area (Å²) in [5.74, 6) is -0.270. The summed E-state index contributed by atoms with van der Waals surface area (Å²) >= 11 is 0. The molecule has 0 fully saturated rings. The Morgan fingerprint density at radius 1 is 1.12 bits per heavy atom. The molecule has 25 heavy (non-hydrogen) atoms. The number of nitrogens with zero attached hydrogens (tertiary/aromatic N) is 2. The fourth-order valence-corrected chi connectivity index (χ4v) is 3.95. The molecule has 1 amide bonds. The Morgan fingerprint density at radius 3 is 2.28 bits per heavy atom. The molecule has 0 unspecified atom stereocenters. The van der Waals surface area contributed by atoms with Crippen LogP contribution in [0, 0.1) is 0 Å². The van der Waals surface area contributed by atoms with Gasteiger partial charge in [-0.2, -0.15) is 4.31 Å². The number of benzene rings is 1. The first-order chi connectivity index (χ1) is 11.9. The van der Waals surface area contributed by atoms with Crippen molar-refractivity contribution in [3.05, 3.63) is 59.9 Å². The van der Waals surface area contributed by atoms with Crippen LogP contribution >= 0.6 is 0 Å². The van der Waals surface area contributed by atoms with Crippen molar-refractivity contribution in [2.45, 2.75) is 31.7 Å². The molecular weight excluding hydrogens is 338 g/mol. The number of pyridine rings is 1. The minimum atomic E-state index is -3.47. The Balaban J connectivity index is 2.13. The fourth-order valence-electron chi connectivity index (χ4n) is 2.49. The van der Waals surface area contributed by atoms with Gasteiger partial charge in [0, 0.05) is 19.3 Å². The lowest BCUT2D eigenvalue weighted by molar-refractivity contribution is 0.0935. The molecule has 2 aromatic rings. The van der Waals surface area contributed by atoms with E-state index in [2.05, 4.69) is 10.3 Å². The fraction of sp³-hybridized carbons (Fsp3) is 0.333. The maximum Gasteiger partial charge on any atom is 0.270 e. The average Bonchev–Trinajstić information content (AvgIpc) is 2.63. The van der Waals surface area contributed by atoms with Crippen LogP contribution in [0.4, 0.5) is 0 Å². The first-order valence-electron chi connectivity index (χ1n) is 8.22. The number of aromatic nitrogens is 1. The third-order valence-corrected chi connectivity index (χ3v) is 6.03. The molecule has 1 heterocycles. The van der Waals surface area contributed by atoms with Crippen LogP contribution in [0.25, 0.3) is 0 Å². The lowest BCUT2D eigenvalue weighted by Gasteiger charge is -2.19. The molecule has 0 aliphatic carbocycles. The van der Waals surface area contributed by atoms with Crippen LogP contribution in [0.3, 0.4) is 0 Å². The number of hydrogen-bond acceptors (Lipinski definition) is 4. The molecule has 1 atom stereocenters. The number of sulfonamides is 1. The molecule has 1 N–H and O–H groups in total. The molecule has 134 valence electrons. The summed E-state index contributed by atoms with van der Waals surface area (Å²) in [5, 5.41) is 2.85. The van der Waals surface area contributed by atoms with E-state index in [0.29, 0.717) is 18.8 Å². The minimum Gasteiger partial charge on any atom is -0.344 e. The predicted molar refractivity (Wildman–Crippen MR) is 96.7 cm³/mol. The number of rotatable bonds is 7. The van der Waals surface area contributed by atoms with Gasteiger partial charge in [-0.15, -0.1) is 0 Å². The summed E-state index contributed by atoms with van der Waals surface area (Å²) in [4.78, 5) is 16.4. The van der Waals surface area contributed by atoms with Gasteiger partial charge in [-0.1, -0.05) is 32.0 Å². The highest BCUT2D eigenvalue weighted by molar-refractivity contribution is 7.89. The molecule has 0 aliphatic heterocycles. The molecule has 0 saturated carbocycles. The van der Waals surface area contributed by atoms with Crippen molar-refractivity contribution in [1.82, 2.24) is 14.6 Å². The van der Waals surface area contributed by atoms with E-state index >= 15 is 0 Å². The zero-order valence-electron chi connectivity index (χ0n) is 14.6. The maximum atomic E-state index is 12.5. The third-order valence-electron chi connectivity index (χ3n) is 3.97. The van der Waals surface area contributed by atoms with Gasteiger partial charge >= 0.3 is 0 Å². The van der Waals surface area contributed by atoms with Gasteiger partial charge in [0.15, 0.2) is 0 Å². The van der Waals surface area contributed by atoms with Crippen molar-refractivity contribution in [2.24, 2.45) is 0 Å². The molecule has 1 aromatic carbocycles. The third kappa shape index (κ3) is 4.43. The standard InChI is InChI=1S/C18H23N3O3S/c1-4-21(5-2)25(23,24)16-11-9-15(10-12-16)14(3)20-18(22)17-8-6-7-13-19-17/h6-14H,4-5H2,1-3H3,(H,20,22)/t14-/m0/s1. The van der Waals surface area contributed by atoms with E-state index in [1.807, 2.05) is 20.8 Å². The van der Waals surface area contributed by atoms with E-state index in [4.69, 9.17) is 0 Å². The summed E-state index contributed by atoms with van der Waals surface area (Å²) in [7, 11) is -3.47. The summed E-state index contributed by atoms with van der Waals surface area (Å²) in [6.07, 6.45) is 1.56. The topological polar surface area (TPSA) is 79.4 Å². The number of nitrogens with one attached hydrogen (secondary N) is 1. The van der Waals surface area contributed by atoms with E-state index in [0.717, 1.165) is 5.56 Å². The molecule has 6 nitrogen and oxygen atoms in total. The highest BCUT2D eigenvalue weighted by Crippen LogP contribution is 2.19. The van der Waals surface area contributed by atoms with Crippen LogP contribution in [-0.2, 0) is 10.0 Å². The van der Waals surface area contributed by atoms with Gasteiger partial charge in [0.25, 0.3) is 5.91 Å². The number of carbonyl (C=O) groups excluding carboxylic acids is 1. The second kappa shape index (κ2) is 8.22. The van der Waals surface area contributed by atoms with Crippen LogP contribution in [0.15, 0.2) is 53.6 Å². The smallest absolute Gasteiger partial charge is 0.270 e. The minimum absolute atomic E-state index is 0.253. The number of carbonyl (C=O) groups is 1. The van der Waals surface area contributed by atoms with Crippen LogP contribution < -0.4 is 5.32 Å². The lowest BCUT2D eigenvalue weighted by atomic mass is 10.1. The summed E-state index contributed by atoms with van der Waals surface area (Å²) in [6, 6.07) is 11.5. The average molecular weight is 361 g/mol. The Bertz CT molecular complexity index is 801. The van der Waals surface area contributed by atoms with Crippen molar-refractivity contribution in [3.63, 3.8) is 0 Å². The normalized spacial score (nSPS) is 12.8. The Hall–Kier alpha value is -2.25. The lowest BCUT2D eigenvalue weighted by Crippen LogP contribution is -2.30. The van der Waals surface area contributed by atoms with Gasteiger partial charge in [0.1, 0.15) is 5.69 Å². The summed E-state index contributed by atoms with van der Waals surface area (Å²) < 4.78 is 26.4. The predicted octanol–water partition coefficient (Wildman–Crippen LogP) is 2.60. The summed E-state index contributed by atoms with van der Waals surface area (Å²) in [6.45, 7) is 6.32. The second-order valence-electron chi connectivity index (χ2n) is 5.57. The van der Waals surface area contributed by atoms with Crippen LogP contribution in [0.5, 0.6) is 0 Å². The SMILES string of the molecule is CCN(CC)S(=O)(=O)c1ccc([C@H](C)NC(=O)c2ccccn2)cc1. The monoisotopic (exact) mass is 361 g/mol. The van der Waals surface area contributed by atoms with E-state index in [1.54, 1.807) is 48.7 Å². The van der Waals surface area contributed by atoms with Gasteiger partial charge in [0.2, 0.25) is 10.0 Å². The molecule has 1 aromatic heterocycles. The number of hydrogen-bond donors (Lipinski definition) is 1. The van der Waals surface area contributed by atoms with Crippen molar-refractivity contribution in [2.75, 3.05) is 13.1 Å². The van der Waals surface area contributed by atoms with Gasteiger partial charge in [0.05, 0.1) is 10.9 Å². The van der Waals surface area contributed by atoms with Crippen LogP contribution in [-0.4, -0.2) is 36.7 Å². The highest BCUT2D eigenvalue weighted by Gasteiger charge is 2.21. The Morgan fingerprint density at radius 2 is 1.76 bits per heavy atom. The Labute approximate surface area is 148 Å². The van der Waals surface area contributed by atoms with E-state index in [9.17, 15) is 13.2 Å². The van der Waals surface area contributed by atoms with E-state index < -0.39 is 10.0 Å². The van der Waals surface area contributed by atoms with E-state index in [1.165, 1.54) is 4.31 Å². The zero-order chi connectivity index (χ0) is 18.4. The highest BCUT2D eigenvalue weighted by atomic mass is 32.2. The Kier molecular flexibility index (Phi) is 6.27. The molecule has 2 rings (SSSR count). The van der Waals surface area contributed by atoms with Gasteiger partial charge in [-0.05, 0) is 36.8 Å². The van der Waals surface area contributed by atoms with Crippen LogP contribution in [0.2, 0.25) is 0 Å². The maximum absolute atomic E-state index is 12.5. The first-order valence-corrected chi connectivity index (χ1v) is 9.66. The van der Waals surface area contributed by atoms with Gasteiger partial charge < -0.3 is 5.32 Å². The molecule has 0 radical (unpaired) electrons. The summed E-state index contributed by atoms with van der Waals surface area (Å²) in [5.41, 5.74) is 1.16. The molecular formula is C18H23N3O3S. The second-order valence-corrected chi connectivity index (χ2v) is 7.51. The zero-order valence-corrected chi connectivity index (χ0v) is 15.5. The van der Waals surface area contributed by atoms with Gasteiger partial charge in [-0.25, -0.2) is 8.42 Å². The van der Waals surface area contributed by atoms with Gasteiger partial charge in [-0.3, -0.25) is 9.78 Å². The first kappa shape index (κ1) is 19.1. The molecule has 0 bridgehead atoms. The largest absolute Gasteiger partial charge is 0.344 e. The molecule has 0 saturated heterocycles. The molecule has 0 spiro atoms. The van der Waals surface area contributed by atoms with Crippen molar-refractivity contribution >= 4 is 15.9 Å². The van der Waals surface area contributed by atoms with Crippen molar-refractivity contribution in [3.8, 4) is 0 Å². The quantitative estimate of drug-likeness (QED) is 0.822. The van der Waals surface area contributed by atoms with Crippen molar-refractivity contribution < 1.29 is 13.2 Å². The number of amides is 1. The van der Waals surface area contributed by atoms with Crippen molar-refractivity contribution in [1.29, 1.82) is 0 Å².